The Morgan fingerprint density at radius 1 is 1.43 bits per heavy atom. The van der Waals surface area contributed by atoms with Crippen molar-refractivity contribution in [1.29, 1.82) is 0 Å². The first kappa shape index (κ1) is 10.5. The number of hydrogen-bond acceptors (Lipinski definition) is 2. The van der Waals surface area contributed by atoms with Crippen LogP contribution in [0.15, 0.2) is 24.3 Å². The SMILES string of the molecule is CNC(=O)Nc1ccccc1C(N)=S. The van der Waals surface area contributed by atoms with Crippen molar-refractivity contribution < 1.29 is 4.79 Å². The lowest BCUT2D eigenvalue weighted by Gasteiger charge is -2.08. The molecule has 0 saturated carbocycles. The first-order valence-corrected chi connectivity index (χ1v) is 4.43. The van der Waals surface area contributed by atoms with Crippen LogP contribution in [-0.4, -0.2) is 18.1 Å². The van der Waals surface area contributed by atoms with E-state index in [2.05, 4.69) is 10.6 Å². The summed E-state index contributed by atoms with van der Waals surface area (Å²) in [6.07, 6.45) is 0. The minimum absolute atomic E-state index is 0.261. The van der Waals surface area contributed by atoms with Gasteiger partial charge in [0.2, 0.25) is 0 Å². The molecule has 0 fully saturated rings. The van der Waals surface area contributed by atoms with Gasteiger partial charge in [-0.1, -0.05) is 24.4 Å². The molecule has 5 heteroatoms. The lowest BCUT2D eigenvalue weighted by Crippen LogP contribution is -2.26. The van der Waals surface area contributed by atoms with Crippen molar-refractivity contribution in [3.05, 3.63) is 29.8 Å². The summed E-state index contributed by atoms with van der Waals surface area (Å²) < 4.78 is 0. The van der Waals surface area contributed by atoms with Gasteiger partial charge in [-0.2, -0.15) is 0 Å². The molecule has 0 aliphatic rings. The summed E-state index contributed by atoms with van der Waals surface area (Å²) >= 11 is 4.84. The maximum atomic E-state index is 11.0. The second-order valence-electron chi connectivity index (χ2n) is 2.61. The van der Waals surface area contributed by atoms with Crippen LogP contribution in [0.4, 0.5) is 10.5 Å². The molecule has 0 aromatic heterocycles. The van der Waals surface area contributed by atoms with E-state index in [0.29, 0.717) is 11.3 Å². The smallest absolute Gasteiger partial charge is 0.318 e. The Balaban J connectivity index is 2.95. The fourth-order valence-electron chi connectivity index (χ4n) is 0.992. The topological polar surface area (TPSA) is 67.2 Å². The maximum absolute atomic E-state index is 11.0. The standard InChI is InChI=1S/C9H11N3OS/c1-11-9(13)12-7-5-3-2-4-6(7)8(10)14/h2-5H,1H3,(H2,10,14)(H2,11,12,13). The molecule has 1 aromatic carbocycles. The van der Waals surface area contributed by atoms with E-state index in [1.165, 1.54) is 0 Å². The van der Waals surface area contributed by atoms with Gasteiger partial charge in [0.25, 0.3) is 0 Å². The van der Waals surface area contributed by atoms with Crippen LogP contribution in [0.5, 0.6) is 0 Å². The van der Waals surface area contributed by atoms with Gasteiger partial charge in [-0.25, -0.2) is 4.79 Å². The highest BCUT2D eigenvalue weighted by atomic mass is 32.1. The summed E-state index contributed by atoms with van der Waals surface area (Å²) in [4.78, 5) is 11.3. The number of amides is 2. The molecule has 0 atom stereocenters. The number of para-hydroxylation sites is 1. The van der Waals surface area contributed by atoms with E-state index in [1.54, 1.807) is 25.2 Å². The molecular weight excluding hydrogens is 198 g/mol. The molecule has 1 aromatic rings. The third-order valence-electron chi connectivity index (χ3n) is 1.67. The van der Waals surface area contributed by atoms with Crippen LogP contribution < -0.4 is 16.4 Å². The van der Waals surface area contributed by atoms with Gasteiger partial charge in [0.1, 0.15) is 4.99 Å². The third kappa shape index (κ3) is 2.43. The Morgan fingerprint density at radius 2 is 2.07 bits per heavy atom. The van der Waals surface area contributed by atoms with Crippen LogP contribution in [-0.2, 0) is 0 Å². The largest absolute Gasteiger partial charge is 0.389 e. The molecule has 0 aliphatic heterocycles. The summed E-state index contributed by atoms with van der Waals surface area (Å²) in [7, 11) is 1.54. The van der Waals surface area contributed by atoms with Crippen LogP contribution in [0.2, 0.25) is 0 Å². The van der Waals surface area contributed by atoms with Crippen molar-refractivity contribution in [2.24, 2.45) is 5.73 Å². The first-order valence-electron chi connectivity index (χ1n) is 4.02. The van der Waals surface area contributed by atoms with E-state index in [-0.39, 0.29) is 11.0 Å². The Kier molecular flexibility index (Phi) is 3.41. The van der Waals surface area contributed by atoms with E-state index in [0.717, 1.165) is 0 Å². The first-order chi connectivity index (χ1) is 6.65. The molecule has 0 unspecified atom stereocenters. The molecule has 0 saturated heterocycles. The second-order valence-corrected chi connectivity index (χ2v) is 3.05. The van der Waals surface area contributed by atoms with Crippen LogP contribution in [0, 0.1) is 0 Å². The number of thiocarbonyl (C=S) groups is 1. The lowest BCUT2D eigenvalue weighted by molar-refractivity contribution is 0.254. The number of benzene rings is 1. The molecule has 0 radical (unpaired) electrons. The zero-order chi connectivity index (χ0) is 10.6. The number of anilines is 1. The van der Waals surface area contributed by atoms with Gasteiger partial charge in [-0.3, -0.25) is 0 Å². The Bertz CT molecular complexity index is 365. The minimum atomic E-state index is -0.298. The van der Waals surface area contributed by atoms with Crippen molar-refractivity contribution in [3.63, 3.8) is 0 Å². The van der Waals surface area contributed by atoms with E-state index in [4.69, 9.17) is 18.0 Å². The highest BCUT2D eigenvalue weighted by Gasteiger charge is 2.05. The summed E-state index contributed by atoms with van der Waals surface area (Å²) in [6.45, 7) is 0. The van der Waals surface area contributed by atoms with Crippen LogP contribution in [0.3, 0.4) is 0 Å². The van der Waals surface area contributed by atoms with E-state index in [9.17, 15) is 4.79 Å². The monoisotopic (exact) mass is 209 g/mol. The molecule has 4 N–H and O–H groups in total. The maximum Gasteiger partial charge on any atom is 0.318 e. The Morgan fingerprint density at radius 3 is 2.64 bits per heavy atom. The second kappa shape index (κ2) is 4.57. The predicted octanol–water partition coefficient (Wildman–Crippen LogP) is 1.07. The van der Waals surface area contributed by atoms with Crippen molar-refractivity contribution >= 4 is 28.9 Å². The Labute approximate surface area is 87.5 Å². The van der Waals surface area contributed by atoms with Crippen molar-refractivity contribution in [2.75, 3.05) is 12.4 Å². The van der Waals surface area contributed by atoms with Gasteiger partial charge in [-0.15, -0.1) is 0 Å². The number of nitrogens with two attached hydrogens (primary N) is 1. The van der Waals surface area contributed by atoms with Crippen molar-refractivity contribution in [1.82, 2.24) is 5.32 Å². The Hall–Kier alpha value is -1.62. The molecule has 0 bridgehead atoms. The van der Waals surface area contributed by atoms with E-state index < -0.39 is 0 Å². The van der Waals surface area contributed by atoms with Crippen LogP contribution >= 0.6 is 12.2 Å². The lowest BCUT2D eigenvalue weighted by atomic mass is 10.2. The fourth-order valence-corrected chi connectivity index (χ4v) is 1.17. The number of rotatable bonds is 2. The molecule has 4 nitrogen and oxygen atoms in total. The minimum Gasteiger partial charge on any atom is -0.389 e. The summed E-state index contributed by atoms with van der Waals surface area (Å²) in [6, 6.07) is 6.81. The summed E-state index contributed by atoms with van der Waals surface area (Å²) in [5.41, 5.74) is 6.76. The molecule has 0 heterocycles. The molecule has 0 aliphatic carbocycles. The summed E-state index contributed by atoms with van der Waals surface area (Å²) in [5.74, 6) is 0. The summed E-state index contributed by atoms with van der Waals surface area (Å²) in [5, 5.41) is 5.07. The average molecular weight is 209 g/mol. The van der Waals surface area contributed by atoms with Gasteiger partial charge in [-0.05, 0) is 12.1 Å². The van der Waals surface area contributed by atoms with Crippen LogP contribution in [0.25, 0.3) is 0 Å². The number of carbonyl (C=O) groups excluding carboxylic acids is 1. The molecule has 1 rings (SSSR count). The fraction of sp³-hybridized carbons (Fsp3) is 0.111. The average Bonchev–Trinajstić information content (AvgIpc) is 2.18. The van der Waals surface area contributed by atoms with Gasteiger partial charge in [0, 0.05) is 12.6 Å². The number of urea groups is 1. The van der Waals surface area contributed by atoms with E-state index >= 15 is 0 Å². The van der Waals surface area contributed by atoms with Gasteiger partial charge < -0.3 is 16.4 Å². The zero-order valence-electron chi connectivity index (χ0n) is 7.70. The molecular formula is C9H11N3OS. The zero-order valence-corrected chi connectivity index (χ0v) is 8.52. The highest BCUT2D eigenvalue weighted by Crippen LogP contribution is 2.14. The van der Waals surface area contributed by atoms with Gasteiger partial charge >= 0.3 is 6.03 Å². The van der Waals surface area contributed by atoms with Crippen LogP contribution in [0.1, 0.15) is 5.56 Å². The van der Waals surface area contributed by atoms with Crippen molar-refractivity contribution in [2.45, 2.75) is 0 Å². The quantitative estimate of drug-likeness (QED) is 0.638. The van der Waals surface area contributed by atoms with Crippen molar-refractivity contribution in [3.8, 4) is 0 Å². The van der Waals surface area contributed by atoms with E-state index in [1.807, 2.05) is 6.07 Å². The molecule has 74 valence electrons. The highest BCUT2D eigenvalue weighted by molar-refractivity contribution is 7.80. The van der Waals surface area contributed by atoms with Gasteiger partial charge in [0.15, 0.2) is 0 Å². The molecule has 2 amide bonds. The molecule has 0 spiro atoms. The number of nitrogens with one attached hydrogen (secondary N) is 2. The predicted molar refractivity (Wildman–Crippen MR) is 60.4 cm³/mol. The number of carbonyl (C=O) groups is 1. The molecule has 14 heavy (non-hydrogen) atoms. The van der Waals surface area contributed by atoms with Gasteiger partial charge in [0.05, 0.1) is 5.69 Å². The third-order valence-corrected chi connectivity index (χ3v) is 1.89. The normalized spacial score (nSPS) is 9.21. The number of hydrogen-bond donors (Lipinski definition) is 3.